The van der Waals surface area contributed by atoms with E-state index in [-0.39, 0.29) is 13.2 Å². The van der Waals surface area contributed by atoms with Gasteiger partial charge < -0.3 is 20.3 Å². The zero-order valence-electron chi connectivity index (χ0n) is 8.14. The monoisotopic (exact) mass is 197 g/mol. The summed E-state index contributed by atoms with van der Waals surface area (Å²) < 4.78 is 10.3. The van der Waals surface area contributed by atoms with Crippen molar-refractivity contribution in [1.29, 1.82) is 0 Å². The third-order valence-electron chi connectivity index (χ3n) is 1.83. The average Bonchev–Trinajstić information content (AvgIpc) is 2.25. The van der Waals surface area contributed by atoms with E-state index in [1.165, 1.54) is 0 Å². The third-order valence-corrected chi connectivity index (χ3v) is 1.83. The van der Waals surface area contributed by atoms with Crippen LogP contribution in [-0.2, 0) is 4.74 Å². The first-order valence-corrected chi connectivity index (χ1v) is 4.40. The smallest absolute Gasteiger partial charge is 0.135 e. The van der Waals surface area contributed by atoms with Gasteiger partial charge in [0.15, 0.2) is 0 Å². The second-order valence-corrected chi connectivity index (χ2v) is 2.76. The van der Waals surface area contributed by atoms with Crippen LogP contribution in [0.25, 0.3) is 0 Å². The predicted octanol–water partition coefficient (Wildman–Crippen LogP) is 0.661. The van der Waals surface area contributed by atoms with Crippen LogP contribution in [0.2, 0.25) is 0 Å². The molecule has 14 heavy (non-hydrogen) atoms. The number of methoxy groups -OCH3 is 1. The number of ether oxygens (including phenoxy) is 2. The zero-order valence-corrected chi connectivity index (χ0v) is 8.14. The van der Waals surface area contributed by atoms with E-state index in [9.17, 15) is 0 Å². The molecular formula is C10H15NO3. The molecule has 0 aromatic heterocycles. The van der Waals surface area contributed by atoms with Gasteiger partial charge in [0.05, 0.1) is 20.3 Å². The number of aliphatic hydroxyl groups excluding tert-OH is 1. The largest absolute Gasteiger partial charge is 0.496 e. The molecule has 1 aromatic carbocycles. The number of para-hydroxylation sites is 1. The first kappa shape index (κ1) is 11.0. The summed E-state index contributed by atoms with van der Waals surface area (Å²) in [6.07, 6.45) is -0.557. The molecule has 1 aromatic rings. The fourth-order valence-corrected chi connectivity index (χ4v) is 1.17. The molecule has 0 fully saturated rings. The SMILES string of the molecule is COc1ccccc1C(N)OCCO. The highest BCUT2D eigenvalue weighted by atomic mass is 16.5. The van der Waals surface area contributed by atoms with Crippen molar-refractivity contribution in [2.45, 2.75) is 6.23 Å². The zero-order chi connectivity index (χ0) is 10.4. The second-order valence-electron chi connectivity index (χ2n) is 2.76. The molecule has 1 unspecified atom stereocenters. The summed E-state index contributed by atoms with van der Waals surface area (Å²) in [5.41, 5.74) is 6.53. The molecule has 3 N–H and O–H groups in total. The van der Waals surface area contributed by atoms with Gasteiger partial charge in [-0.3, -0.25) is 0 Å². The molecule has 0 amide bonds. The molecule has 0 bridgehead atoms. The van der Waals surface area contributed by atoms with E-state index >= 15 is 0 Å². The molecule has 1 atom stereocenters. The molecule has 1 rings (SSSR count). The van der Waals surface area contributed by atoms with Gasteiger partial charge in [-0.1, -0.05) is 18.2 Å². The van der Waals surface area contributed by atoms with Gasteiger partial charge in [0, 0.05) is 5.56 Å². The van der Waals surface area contributed by atoms with E-state index in [1.807, 2.05) is 24.3 Å². The molecular weight excluding hydrogens is 182 g/mol. The van der Waals surface area contributed by atoms with Crippen LogP contribution in [0.3, 0.4) is 0 Å². The van der Waals surface area contributed by atoms with Crippen LogP contribution in [0.4, 0.5) is 0 Å². The quantitative estimate of drug-likeness (QED) is 0.681. The van der Waals surface area contributed by atoms with Crippen molar-refractivity contribution in [1.82, 2.24) is 0 Å². The molecule has 0 heterocycles. The molecule has 0 radical (unpaired) electrons. The molecule has 0 aliphatic heterocycles. The highest BCUT2D eigenvalue weighted by Crippen LogP contribution is 2.23. The van der Waals surface area contributed by atoms with Gasteiger partial charge in [-0.25, -0.2) is 0 Å². The van der Waals surface area contributed by atoms with E-state index in [0.717, 1.165) is 5.56 Å². The van der Waals surface area contributed by atoms with Crippen LogP contribution in [0.15, 0.2) is 24.3 Å². The summed E-state index contributed by atoms with van der Waals surface area (Å²) in [6.45, 7) is 0.183. The standard InChI is InChI=1S/C10H15NO3/c1-13-9-5-3-2-4-8(9)10(11)14-7-6-12/h2-5,10,12H,6-7,11H2,1H3. The number of hydrogen-bond acceptors (Lipinski definition) is 4. The molecule has 0 saturated heterocycles. The van der Waals surface area contributed by atoms with Crippen LogP contribution in [-0.4, -0.2) is 25.4 Å². The van der Waals surface area contributed by atoms with Crippen molar-refractivity contribution in [3.8, 4) is 5.75 Å². The fraction of sp³-hybridized carbons (Fsp3) is 0.400. The van der Waals surface area contributed by atoms with Gasteiger partial charge in [-0.15, -0.1) is 0 Å². The van der Waals surface area contributed by atoms with Crippen LogP contribution < -0.4 is 10.5 Å². The second kappa shape index (κ2) is 5.59. The summed E-state index contributed by atoms with van der Waals surface area (Å²) in [6, 6.07) is 7.37. The van der Waals surface area contributed by atoms with Crippen molar-refractivity contribution in [2.75, 3.05) is 20.3 Å². The summed E-state index contributed by atoms with van der Waals surface area (Å²) in [7, 11) is 1.58. The lowest BCUT2D eigenvalue weighted by molar-refractivity contribution is 0.0302. The molecule has 0 aliphatic rings. The first-order valence-electron chi connectivity index (χ1n) is 4.40. The van der Waals surface area contributed by atoms with Crippen molar-refractivity contribution in [3.63, 3.8) is 0 Å². The van der Waals surface area contributed by atoms with E-state index in [1.54, 1.807) is 7.11 Å². The summed E-state index contributed by atoms with van der Waals surface area (Å²) in [5.74, 6) is 0.693. The Morgan fingerprint density at radius 3 is 2.79 bits per heavy atom. The maximum Gasteiger partial charge on any atom is 0.135 e. The predicted molar refractivity (Wildman–Crippen MR) is 53.0 cm³/mol. The maximum atomic E-state index is 8.58. The Morgan fingerprint density at radius 1 is 1.43 bits per heavy atom. The van der Waals surface area contributed by atoms with E-state index in [2.05, 4.69) is 0 Å². The van der Waals surface area contributed by atoms with Crippen molar-refractivity contribution in [2.24, 2.45) is 5.73 Å². The highest BCUT2D eigenvalue weighted by molar-refractivity contribution is 5.34. The molecule has 4 heteroatoms. The number of rotatable bonds is 5. The van der Waals surface area contributed by atoms with Crippen LogP contribution in [0.5, 0.6) is 5.75 Å². The minimum absolute atomic E-state index is 0.0388. The van der Waals surface area contributed by atoms with Crippen molar-refractivity contribution in [3.05, 3.63) is 29.8 Å². The number of hydrogen-bond donors (Lipinski definition) is 2. The van der Waals surface area contributed by atoms with Gasteiger partial charge in [0.25, 0.3) is 0 Å². The van der Waals surface area contributed by atoms with E-state index in [0.29, 0.717) is 5.75 Å². The van der Waals surface area contributed by atoms with E-state index < -0.39 is 6.23 Å². The van der Waals surface area contributed by atoms with Crippen molar-refractivity contribution < 1.29 is 14.6 Å². The van der Waals surface area contributed by atoms with Gasteiger partial charge >= 0.3 is 0 Å². The van der Waals surface area contributed by atoms with Crippen LogP contribution >= 0.6 is 0 Å². The van der Waals surface area contributed by atoms with Gasteiger partial charge in [-0.05, 0) is 6.07 Å². The Kier molecular flexibility index (Phi) is 4.39. The van der Waals surface area contributed by atoms with Gasteiger partial charge in [-0.2, -0.15) is 0 Å². The molecule has 4 nitrogen and oxygen atoms in total. The Labute approximate surface area is 83.3 Å². The average molecular weight is 197 g/mol. The Balaban J connectivity index is 2.72. The minimum Gasteiger partial charge on any atom is -0.496 e. The highest BCUT2D eigenvalue weighted by Gasteiger charge is 2.10. The molecule has 0 aliphatic carbocycles. The Morgan fingerprint density at radius 2 is 2.14 bits per heavy atom. The minimum atomic E-state index is -0.557. The molecule has 0 spiro atoms. The van der Waals surface area contributed by atoms with Crippen LogP contribution in [0.1, 0.15) is 11.8 Å². The lowest BCUT2D eigenvalue weighted by atomic mass is 10.2. The maximum absolute atomic E-state index is 8.58. The Hall–Kier alpha value is -1.10. The van der Waals surface area contributed by atoms with E-state index in [4.69, 9.17) is 20.3 Å². The number of benzene rings is 1. The van der Waals surface area contributed by atoms with Gasteiger partial charge in [0.2, 0.25) is 0 Å². The summed E-state index contributed by atoms with van der Waals surface area (Å²) >= 11 is 0. The number of aliphatic hydroxyl groups is 1. The molecule has 78 valence electrons. The van der Waals surface area contributed by atoms with Gasteiger partial charge in [0.1, 0.15) is 12.0 Å². The fourth-order valence-electron chi connectivity index (χ4n) is 1.17. The lowest BCUT2D eigenvalue weighted by Crippen LogP contribution is -2.17. The number of nitrogens with two attached hydrogens (primary N) is 1. The third kappa shape index (κ3) is 2.70. The Bertz CT molecular complexity index is 278. The topological polar surface area (TPSA) is 64.7 Å². The first-order chi connectivity index (χ1) is 6.79. The van der Waals surface area contributed by atoms with Crippen molar-refractivity contribution >= 4 is 0 Å². The normalized spacial score (nSPS) is 12.5. The summed E-state index contributed by atoms with van der Waals surface area (Å²) in [4.78, 5) is 0. The summed E-state index contributed by atoms with van der Waals surface area (Å²) in [5, 5.41) is 8.58. The van der Waals surface area contributed by atoms with Crippen LogP contribution in [0, 0.1) is 0 Å². The molecule has 0 saturated carbocycles. The lowest BCUT2D eigenvalue weighted by Gasteiger charge is -2.15.